The van der Waals surface area contributed by atoms with Crippen LogP contribution in [0.3, 0.4) is 0 Å². The van der Waals surface area contributed by atoms with Gasteiger partial charge in [-0.15, -0.1) is 0 Å². The van der Waals surface area contributed by atoms with Gasteiger partial charge < -0.3 is 5.32 Å². The van der Waals surface area contributed by atoms with Crippen molar-refractivity contribution in [3.8, 4) is 0 Å². The van der Waals surface area contributed by atoms with E-state index >= 15 is 0 Å². The molecule has 0 aliphatic carbocycles. The van der Waals surface area contributed by atoms with Crippen LogP contribution in [0.2, 0.25) is 0 Å². The largest absolute Gasteiger partial charge is 0.448 e. The first-order valence-corrected chi connectivity index (χ1v) is 2.55. The van der Waals surface area contributed by atoms with Gasteiger partial charge in [-0.05, 0) is 14.1 Å². The van der Waals surface area contributed by atoms with Crippen LogP contribution in [0, 0.1) is 0 Å². The molecule has 0 radical (unpaired) electrons. The number of halogens is 4. The Morgan fingerprint density at radius 2 is 1.25 bits per heavy atom. The van der Waals surface area contributed by atoms with E-state index in [9.17, 15) is 13.2 Å². The van der Waals surface area contributed by atoms with E-state index in [0.717, 1.165) is 0 Å². The molecule has 0 aromatic heterocycles. The second kappa shape index (κ2) is 5.37. The fraction of sp³-hybridized carbons (Fsp3) is 1.00. The second-order valence-electron chi connectivity index (χ2n) is 0.929. The van der Waals surface area contributed by atoms with E-state index in [4.69, 9.17) is 0 Å². The minimum atomic E-state index is -4.19. The molecule has 52 valence electrons. The van der Waals surface area contributed by atoms with Gasteiger partial charge >= 0.3 is 5.09 Å². The van der Waals surface area contributed by atoms with Crippen LogP contribution in [0.5, 0.6) is 0 Å². The standard InChI is InChI=1S/C2H7N.CBrF3/c1-3-2;2-1(3,4)5/h3H,1-2H3;. The molecule has 1 nitrogen and oxygen atoms in total. The van der Waals surface area contributed by atoms with Gasteiger partial charge in [0.15, 0.2) is 0 Å². The fourth-order valence-corrected chi connectivity index (χ4v) is 0. The van der Waals surface area contributed by atoms with E-state index in [1.54, 1.807) is 0 Å². The molecule has 1 N–H and O–H groups in total. The van der Waals surface area contributed by atoms with Gasteiger partial charge in [-0.25, -0.2) is 0 Å². The van der Waals surface area contributed by atoms with Crippen LogP contribution in [0.15, 0.2) is 0 Å². The summed E-state index contributed by atoms with van der Waals surface area (Å²) in [6.07, 6.45) is 0. The Balaban J connectivity index is 0. The van der Waals surface area contributed by atoms with Crippen LogP contribution < -0.4 is 5.32 Å². The molecule has 0 saturated heterocycles. The van der Waals surface area contributed by atoms with Crippen LogP contribution in [-0.2, 0) is 0 Å². The van der Waals surface area contributed by atoms with E-state index in [-0.39, 0.29) is 0 Å². The lowest BCUT2D eigenvalue weighted by atomic mass is 11.3. The molecular formula is C3H7BrF3N. The van der Waals surface area contributed by atoms with Gasteiger partial charge in [0.2, 0.25) is 0 Å². The van der Waals surface area contributed by atoms with Gasteiger partial charge in [-0.2, -0.15) is 13.2 Å². The van der Waals surface area contributed by atoms with Crippen molar-refractivity contribution in [1.29, 1.82) is 0 Å². The van der Waals surface area contributed by atoms with Crippen LogP contribution in [-0.4, -0.2) is 19.2 Å². The zero-order valence-corrected chi connectivity index (χ0v) is 6.10. The summed E-state index contributed by atoms with van der Waals surface area (Å²) in [4.78, 5) is 0. The average molecular weight is 194 g/mol. The molecule has 0 atom stereocenters. The zero-order chi connectivity index (χ0) is 7.21. The van der Waals surface area contributed by atoms with Gasteiger partial charge in [-0.3, -0.25) is 0 Å². The third kappa shape index (κ3) is 3220. The SMILES string of the molecule is CNC.FC(F)(F)Br. The first-order valence-electron chi connectivity index (χ1n) is 1.76. The quantitative estimate of drug-likeness (QED) is 0.579. The predicted molar refractivity (Wildman–Crippen MR) is 30.0 cm³/mol. The highest BCUT2D eigenvalue weighted by molar-refractivity contribution is 9.09. The van der Waals surface area contributed by atoms with Crippen molar-refractivity contribution in [2.75, 3.05) is 14.1 Å². The molecule has 0 spiro atoms. The topological polar surface area (TPSA) is 12.0 Å². The summed E-state index contributed by atoms with van der Waals surface area (Å²) < 4.78 is 30.8. The van der Waals surface area contributed by atoms with Crippen LogP contribution >= 0.6 is 15.9 Å². The van der Waals surface area contributed by atoms with Gasteiger partial charge in [-0.1, -0.05) is 0 Å². The molecule has 0 aromatic carbocycles. The summed E-state index contributed by atoms with van der Waals surface area (Å²) in [5.74, 6) is 0. The lowest BCUT2D eigenvalue weighted by Crippen LogP contribution is -1.89. The molecule has 0 heterocycles. The summed E-state index contributed by atoms with van der Waals surface area (Å²) in [6.45, 7) is 0. The van der Waals surface area contributed by atoms with E-state index in [2.05, 4.69) is 5.32 Å². The van der Waals surface area contributed by atoms with Gasteiger partial charge in [0.1, 0.15) is 0 Å². The first-order chi connectivity index (χ1) is 3.41. The molecule has 0 saturated carbocycles. The highest BCUT2D eigenvalue weighted by atomic mass is 79.9. The maximum atomic E-state index is 10.3. The fourth-order valence-electron chi connectivity index (χ4n) is 0. The molecule has 0 amide bonds. The monoisotopic (exact) mass is 193 g/mol. The molecule has 8 heavy (non-hydrogen) atoms. The summed E-state index contributed by atoms with van der Waals surface area (Å²) in [5.41, 5.74) is 0. The molecule has 5 heteroatoms. The van der Waals surface area contributed by atoms with E-state index in [1.165, 1.54) is 15.9 Å². The van der Waals surface area contributed by atoms with Gasteiger partial charge in [0, 0.05) is 15.9 Å². The molecule has 0 aliphatic rings. The van der Waals surface area contributed by atoms with E-state index in [0.29, 0.717) is 0 Å². The van der Waals surface area contributed by atoms with Gasteiger partial charge in [0.05, 0.1) is 0 Å². The van der Waals surface area contributed by atoms with Crippen LogP contribution in [0.1, 0.15) is 0 Å². The lowest BCUT2D eigenvalue weighted by molar-refractivity contribution is -0.0245. The lowest BCUT2D eigenvalue weighted by Gasteiger charge is -1.85. The highest BCUT2D eigenvalue weighted by Gasteiger charge is 2.19. The summed E-state index contributed by atoms with van der Waals surface area (Å²) >= 11 is 1.38. The van der Waals surface area contributed by atoms with Crippen LogP contribution in [0.4, 0.5) is 13.2 Å². The Morgan fingerprint density at radius 3 is 1.25 bits per heavy atom. The van der Waals surface area contributed by atoms with Crippen molar-refractivity contribution >= 4 is 15.9 Å². The normalized spacial score (nSPS) is 9.75. The minimum Gasteiger partial charge on any atom is -0.323 e. The summed E-state index contributed by atoms with van der Waals surface area (Å²) in [7, 11) is 3.75. The van der Waals surface area contributed by atoms with Gasteiger partial charge in [0.25, 0.3) is 0 Å². The molecule has 0 rings (SSSR count). The number of hydrogen-bond acceptors (Lipinski definition) is 1. The third-order valence-corrected chi connectivity index (χ3v) is 0. The maximum Gasteiger partial charge on any atom is 0.448 e. The predicted octanol–water partition coefficient (Wildman–Crippen LogP) is 1.74. The number of rotatable bonds is 0. The van der Waals surface area contributed by atoms with Crippen molar-refractivity contribution in [3.05, 3.63) is 0 Å². The van der Waals surface area contributed by atoms with Crippen molar-refractivity contribution in [1.82, 2.24) is 5.32 Å². The molecule has 0 bridgehead atoms. The third-order valence-electron chi connectivity index (χ3n) is 0. The Bertz CT molecular complexity index is 38.3. The summed E-state index contributed by atoms with van der Waals surface area (Å²) in [6, 6.07) is 0. The smallest absolute Gasteiger partial charge is 0.323 e. The molecule has 0 fully saturated rings. The van der Waals surface area contributed by atoms with Crippen molar-refractivity contribution in [2.24, 2.45) is 0 Å². The van der Waals surface area contributed by atoms with E-state index < -0.39 is 5.09 Å². The Morgan fingerprint density at radius 1 is 1.25 bits per heavy atom. The van der Waals surface area contributed by atoms with Crippen molar-refractivity contribution < 1.29 is 13.2 Å². The van der Waals surface area contributed by atoms with E-state index in [1.807, 2.05) is 14.1 Å². The van der Waals surface area contributed by atoms with Crippen LogP contribution in [0.25, 0.3) is 0 Å². The molecule has 0 aromatic rings. The second-order valence-corrected chi connectivity index (χ2v) is 1.83. The molecule has 0 unspecified atom stereocenters. The Labute approximate surface area is 54.4 Å². The first kappa shape index (κ1) is 11.1. The Kier molecular flexibility index (Phi) is 7.44. The maximum absolute atomic E-state index is 10.3. The number of alkyl halides is 4. The number of nitrogens with one attached hydrogen (secondary N) is 1. The average Bonchev–Trinajstić information content (AvgIpc) is 1.27. The highest BCUT2D eigenvalue weighted by Crippen LogP contribution is 2.21. The number of hydrogen-bond donors (Lipinski definition) is 1. The van der Waals surface area contributed by atoms with Crippen molar-refractivity contribution in [3.63, 3.8) is 0 Å². The molecular weight excluding hydrogens is 187 g/mol. The zero-order valence-electron chi connectivity index (χ0n) is 4.51. The Hall–Kier alpha value is 0.230. The molecule has 0 aliphatic heterocycles. The summed E-state index contributed by atoms with van der Waals surface area (Å²) in [5, 5.41) is -1.44. The van der Waals surface area contributed by atoms with Crippen molar-refractivity contribution in [2.45, 2.75) is 5.09 Å². The minimum absolute atomic E-state index is 1.38.